The van der Waals surface area contributed by atoms with Crippen molar-refractivity contribution in [2.24, 2.45) is 5.73 Å². The Morgan fingerprint density at radius 1 is 1.15 bits per heavy atom. The standard InChI is InChI=1S/C31H32ClN5O4/c1-40-24-11-7-21(8-12-24)27(30(33)38)17-36-31(39)26-4-2-3-25-28(13-14-41-29(25)26)35-16-23-15-34-19-37(23)18-20-5-9-22(32)10-6-20/h2-12,15,19,27-28,35H,13-14,16-18H2,1H3,(H2,33,38)(H,36,39). The molecule has 4 N–H and O–H groups in total. The van der Waals surface area contributed by atoms with E-state index < -0.39 is 11.8 Å². The van der Waals surface area contributed by atoms with Crippen LogP contribution in [0.2, 0.25) is 5.02 Å². The molecule has 4 aromatic rings. The molecule has 0 aliphatic carbocycles. The van der Waals surface area contributed by atoms with Gasteiger partial charge in [-0.3, -0.25) is 9.59 Å². The van der Waals surface area contributed by atoms with Crippen LogP contribution in [0.4, 0.5) is 0 Å². The van der Waals surface area contributed by atoms with E-state index in [9.17, 15) is 9.59 Å². The number of para-hydroxylation sites is 1. The summed E-state index contributed by atoms with van der Waals surface area (Å²) in [5, 5.41) is 7.19. The van der Waals surface area contributed by atoms with E-state index in [-0.39, 0.29) is 18.5 Å². The second-order valence-corrected chi connectivity index (χ2v) is 10.3. The Morgan fingerprint density at radius 3 is 2.66 bits per heavy atom. The van der Waals surface area contributed by atoms with E-state index in [4.69, 9.17) is 26.8 Å². The van der Waals surface area contributed by atoms with Crippen LogP contribution in [0.5, 0.6) is 11.5 Å². The Morgan fingerprint density at radius 2 is 1.93 bits per heavy atom. The van der Waals surface area contributed by atoms with Crippen molar-refractivity contribution in [3.8, 4) is 11.5 Å². The van der Waals surface area contributed by atoms with Gasteiger partial charge in [0.25, 0.3) is 5.91 Å². The molecule has 3 aromatic carbocycles. The van der Waals surface area contributed by atoms with E-state index in [1.807, 2.05) is 48.9 Å². The van der Waals surface area contributed by atoms with Crippen LogP contribution in [0.1, 0.15) is 51.1 Å². The van der Waals surface area contributed by atoms with Crippen LogP contribution in [0, 0.1) is 0 Å². The number of carbonyl (C=O) groups is 2. The highest BCUT2D eigenvalue weighted by atomic mass is 35.5. The average molecular weight is 574 g/mol. The lowest BCUT2D eigenvalue weighted by atomic mass is 9.96. The first-order valence-corrected chi connectivity index (χ1v) is 13.7. The first kappa shape index (κ1) is 28.2. The minimum absolute atomic E-state index is 0.0111. The van der Waals surface area contributed by atoms with E-state index in [0.29, 0.717) is 47.3 Å². The average Bonchev–Trinajstić information content (AvgIpc) is 3.43. The molecular formula is C31H32ClN5O4. The normalized spacial score (nSPS) is 14.9. The molecule has 2 amide bonds. The van der Waals surface area contributed by atoms with Gasteiger partial charge in [-0.25, -0.2) is 4.98 Å². The summed E-state index contributed by atoms with van der Waals surface area (Å²) in [5.74, 6) is -0.325. The number of fused-ring (bicyclic) bond motifs is 1. The number of benzene rings is 3. The number of hydrogen-bond acceptors (Lipinski definition) is 6. The Labute approximate surface area is 243 Å². The van der Waals surface area contributed by atoms with E-state index in [2.05, 4.69) is 20.2 Å². The van der Waals surface area contributed by atoms with Gasteiger partial charge in [-0.2, -0.15) is 0 Å². The van der Waals surface area contributed by atoms with Gasteiger partial charge in [0, 0.05) is 48.9 Å². The van der Waals surface area contributed by atoms with Gasteiger partial charge in [-0.1, -0.05) is 48.0 Å². The molecule has 2 unspecified atom stereocenters. The first-order valence-electron chi connectivity index (χ1n) is 13.4. The van der Waals surface area contributed by atoms with Gasteiger partial charge in [-0.15, -0.1) is 0 Å². The molecule has 1 aromatic heterocycles. The summed E-state index contributed by atoms with van der Waals surface area (Å²) >= 11 is 6.02. The molecule has 10 heteroatoms. The fraction of sp³-hybridized carbons (Fsp3) is 0.258. The minimum Gasteiger partial charge on any atom is -0.497 e. The molecule has 0 fully saturated rings. The van der Waals surface area contributed by atoms with Gasteiger partial charge >= 0.3 is 0 Å². The third kappa shape index (κ3) is 6.70. The van der Waals surface area contributed by atoms with Crippen LogP contribution in [0.15, 0.2) is 79.3 Å². The molecule has 0 spiro atoms. The van der Waals surface area contributed by atoms with Crippen LogP contribution < -0.4 is 25.8 Å². The Bertz CT molecular complexity index is 1500. The van der Waals surface area contributed by atoms with Gasteiger partial charge < -0.3 is 30.4 Å². The summed E-state index contributed by atoms with van der Waals surface area (Å²) in [5.41, 5.74) is 9.86. The van der Waals surface area contributed by atoms with E-state index in [0.717, 1.165) is 23.2 Å². The van der Waals surface area contributed by atoms with Crippen LogP contribution in [-0.4, -0.2) is 41.6 Å². The number of amides is 2. The maximum atomic E-state index is 13.3. The smallest absolute Gasteiger partial charge is 0.255 e. The van der Waals surface area contributed by atoms with Crippen molar-refractivity contribution in [1.82, 2.24) is 20.2 Å². The zero-order valence-electron chi connectivity index (χ0n) is 22.7. The molecule has 2 heterocycles. The van der Waals surface area contributed by atoms with Crippen molar-refractivity contribution in [3.63, 3.8) is 0 Å². The van der Waals surface area contributed by atoms with Gasteiger partial charge in [0.1, 0.15) is 11.5 Å². The highest BCUT2D eigenvalue weighted by molar-refractivity contribution is 6.30. The number of nitrogens with one attached hydrogen (secondary N) is 2. The second kappa shape index (κ2) is 12.9. The lowest BCUT2D eigenvalue weighted by Crippen LogP contribution is -2.35. The molecule has 0 radical (unpaired) electrons. The van der Waals surface area contributed by atoms with Gasteiger partial charge in [0.15, 0.2) is 0 Å². The number of rotatable bonds is 11. The van der Waals surface area contributed by atoms with Crippen molar-refractivity contribution >= 4 is 23.4 Å². The molecule has 5 rings (SSSR count). The number of nitrogens with zero attached hydrogens (tertiary/aromatic N) is 2. The van der Waals surface area contributed by atoms with Crippen LogP contribution in [0.3, 0.4) is 0 Å². The van der Waals surface area contributed by atoms with Crippen molar-refractivity contribution in [2.75, 3.05) is 20.3 Å². The predicted octanol–water partition coefficient (Wildman–Crippen LogP) is 4.21. The molecule has 212 valence electrons. The summed E-state index contributed by atoms with van der Waals surface area (Å²) in [6.07, 6.45) is 4.42. The molecular weight excluding hydrogens is 542 g/mol. The summed E-state index contributed by atoms with van der Waals surface area (Å²) in [6, 6.07) is 20.3. The molecule has 9 nitrogen and oxygen atoms in total. The molecule has 2 atom stereocenters. The van der Waals surface area contributed by atoms with Gasteiger partial charge in [0.05, 0.1) is 37.2 Å². The molecule has 0 bridgehead atoms. The zero-order chi connectivity index (χ0) is 28.8. The summed E-state index contributed by atoms with van der Waals surface area (Å²) in [7, 11) is 1.57. The fourth-order valence-electron chi connectivity index (χ4n) is 4.98. The number of halogens is 1. The van der Waals surface area contributed by atoms with Gasteiger partial charge in [0.2, 0.25) is 5.91 Å². The highest BCUT2D eigenvalue weighted by Gasteiger charge is 2.27. The number of carbonyl (C=O) groups excluding carboxylic acids is 2. The lowest BCUT2D eigenvalue weighted by molar-refractivity contribution is -0.119. The monoisotopic (exact) mass is 573 g/mol. The number of nitrogens with two attached hydrogens (primary N) is 1. The van der Waals surface area contributed by atoms with Crippen molar-refractivity contribution in [3.05, 3.63) is 112 Å². The Kier molecular flexibility index (Phi) is 8.86. The first-order chi connectivity index (χ1) is 19.9. The molecule has 0 saturated carbocycles. The maximum absolute atomic E-state index is 13.3. The molecule has 0 saturated heterocycles. The van der Waals surface area contributed by atoms with Gasteiger partial charge in [-0.05, 0) is 41.5 Å². The number of methoxy groups -OCH3 is 1. The molecule has 1 aliphatic heterocycles. The van der Waals surface area contributed by atoms with Crippen LogP contribution in [0.25, 0.3) is 0 Å². The van der Waals surface area contributed by atoms with Crippen molar-refractivity contribution in [1.29, 1.82) is 0 Å². The number of aromatic nitrogens is 2. The largest absolute Gasteiger partial charge is 0.497 e. The summed E-state index contributed by atoms with van der Waals surface area (Å²) < 4.78 is 13.3. The minimum atomic E-state index is -0.683. The number of primary amides is 1. The summed E-state index contributed by atoms with van der Waals surface area (Å²) in [6.45, 7) is 1.81. The third-order valence-corrected chi connectivity index (χ3v) is 7.49. The molecule has 1 aliphatic rings. The molecule has 41 heavy (non-hydrogen) atoms. The van der Waals surface area contributed by atoms with Crippen LogP contribution in [-0.2, 0) is 17.9 Å². The predicted molar refractivity (Wildman–Crippen MR) is 156 cm³/mol. The second-order valence-electron chi connectivity index (χ2n) is 9.87. The fourth-order valence-corrected chi connectivity index (χ4v) is 5.10. The van der Waals surface area contributed by atoms with Crippen molar-refractivity contribution < 1.29 is 19.1 Å². The summed E-state index contributed by atoms with van der Waals surface area (Å²) in [4.78, 5) is 29.8. The number of ether oxygens (including phenoxy) is 2. The lowest BCUT2D eigenvalue weighted by Gasteiger charge is -2.28. The van der Waals surface area contributed by atoms with E-state index in [1.165, 1.54) is 0 Å². The number of imidazole rings is 1. The van der Waals surface area contributed by atoms with Crippen LogP contribution >= 0.6 is 11.6 Å². The SMILES string of the molecule is COc1ccc(C(CNC(=O)c2cccc3c2OCCC3NCc2cncn2Cc2ccc(Cl)cc2)C(N)=O)cc1. The highest BCUT2D eigenvalue weighted by Crippen LogP contribution is 2.35. The maximum Gasteiger partial charge on any atom is 0.255 e. The zero-order valence-corrected chi connectivity index (χ0v) is 23.4. The third-order valence-electron chi connectivity index (χ3n) is 7.24. The van der Waals surface area contributed by atoms with E-state index in [1.54, 1.807) is 37.4 Å². The number of hydrogen-bond donors (Lipinski definition) is 3. The van der Waals surface area contributed by atoms with E-state index >= 15 is 0 Å². The quantitative estimate of drug-likeness (QED) is 0.247. The topological polar surface area (TPSA) is 120 Å². The van der Waals surface area contributed by atoms with Crippen molar-refractivity contribution in [2.45, 2.75) is 31.5 Å². The Hall–Kier alpha value is -4.34. The Balaban J connectivity index is 1.25.